The van der Waals surface area contributed by atoms with Gasteiger partial charge in [0, 0.05) is 57.3 Å². The van der Waals surface area contributed by atoms with Crippen LogP contribution in [-0.2, 0) is 0 Å². The van der Waals surface area contributed by atoms with E-state index in [-0.39, 0.29) is 5.92 Å². The molecule has 3 nitrogen and oxygen atoms in total. The molecule has 0 bridgehead atoms. The first kappa shape index (κ1) is 16.2. The van der Waals surface area contributed by atoms with E-state index in [9.17, 15) is 4.39 Å². The second-order valence-electron chi connectivity index (χ2n) is 7.08. The van der Waals surface area contributed by atoms with Crippen LogP contribution in [0.25, 0.3) is 0 Å². The number of rotatable bonds is 4. The van der Waals surface area contributed by atoms with Crippen LogP contribution in [0.3, 0.4) is 0 Å². The lowest BCUT2D eigenvalue weighted by atomic mass is 9.93. The quantitative estimate of drug-likeness (QED) is 0.783. The van der Waals surface area contributed by atoms with Crippen LogP contribution in [0.2, 0.25) is 0 Å². The minimum absolute atomic E-state index is 0.246. The number of halogens is 1. The van der Waals surface area contributed by atoms with Crippen LogP contribution in [0.5, 0.6) is 0 Å². The average molecular weight is 285 g/mol. The van der Waals surface area contributed by atoms with E-state index in [0.29, 0.717) is 18.6 Å². The van der Waals surface area contributed by atoms with Crippen molar-refractivity contribution < 1.29 is 4.39 Å². The Balaban J connectivity index is 1.75. The Morgan fingerprint density at radius 1 is 0.900 bits per heavy atom. The second-order valence-corrected chi connectivity index (χ2v) is 7.08. The molecule has 0 aromatic carbocycles. The SMILES string of the molecule is CC(C)N1CCN(CC2CCN(C(C)C)C[C@H]2F)CC1. The van der Waals surface area contributed by atoms with Crippen molar-refractivity contribution in [3.63, 3.8) is 0 Å². The highest BCUT2D eigenvalue weighted by Crippen LogP contribution is 2.23. The van der Waals surface area contributed by atoms with Gasteiger partial charge >= 0.3 is 0 Å². The van der Waals surface area contributed by atoms with Gasteiger partial charge in [0.05, 0.1) is 0 Å². The maximum absolute atomic E-state index is 14.3. The number of nitrogens with zero attached hydrogens (tertiary/aromatic N) is 3. The van der Waals surface area contributed by atoms with E-state index in [1.165, 1.54) is 0 Å². The van der Waals surface area contributed by atoms with Gasteiger partial charge in [-0.1, -0.05) is 0 Å². The molecule has 0 aromatic rings. The van der Waals surface area contributed by atoms with Gasteiger partial charge in [0.1, 0.15) is 6.17 Å². The molecule has 20 heavy (non-hydrogen) atoms. The summed E-state index contributed by atoms with van der Waals surface area (Å²) in [5.74, 6) is 0.246. The van der Waals surface area contributed by atoms with E-state index in [2.05, 4.69) is 42.4 Å². The Hall–Kier alpha value is -0.190. The first-order valence-corrected chi connectivity index (χ1v) is 8.32. The molecule has 2 rings (SSSR count). The predicted octanol–water partition coefficient (Wildman–Crippen LogP) is 2.08. The molecule has 2 aliphatic rings. The molecule has 0 aliphatic carbocycles. The van der Waals surface area contributed by atoms with E-state index in [1.54, 1.807) is 0 Å². The van der Waals surface area contributed by atoms with Gasteiger partial charge in [-0.25, -0.2) is 4.39 Å². The standard InChI is InChI=1S/C16H32FN3/c1-13(2)19-9-7-18(8-10-19)11-15-5-6-20(14(3)4)12-16(15)17/h13-16H,5-12H2,1-4H3/t15?,16-/m1/s1. The zero-order valence-electron chi connectivity index (χ0n) is 13.7. The number of hydrogen-bond acceptors (Lipinski definition) is 3. The van der Waals surface area contributed by atoms with Crippen molar-refractivity contribution in [3.8, 4) is 0 Å². The van der Waals surface area contributed by atoms with Crippen LogP contribution in [0, 0.1) is 5.92 Å². The Bertz CT molecular complexity index is 287. The van der Waals surface area contributed by atoms with Crippen molar-refractivity contribution >= 4 is 0 Å². The monoisotopic (exact) mass is 285 g/mol. The Labute approximate surface area is 124 Å². The minimum Gasteiger partial charge on any atom is -0.300 e. The first-order valence-electron chi connectivity index (χ1n) is 8.32. The maximum Gasteiger partial charge on any atom is 0.117 e. The van der Waals surface area contributed by atoms with Gasteiger partial charge in [-0.2, -0.15) is 0 Å². The lowest BCUT2D eigenvalue weighted by Gasteiger charge is -2.42. The summed E-state index contributed by atoms with van der Waals surface area (Å²) in [6.07, 6.45) is 0.373. The Morgan fingerprint density at radius 2 is 1.50 bits per heavy atom. The molecule has 0 amide bonds. The van der Waals surface area contributed by atoms with Crippen LogP contribution in [0.1, 0.15) is 34.1 Å². The summed E-state index contributed by atoms with van der Waals surface area (Å²) in [6.45, 7) is 16.0. The molecule has 2 saturated heterocycles. The third-order valence-electron chi connectivity index (χ3n) is 5.07. The fraction of sp³-hybridized carbons (Fsp3) is 1.00. The van der Waals surface area contributed by atoms with Gasteiger partial charge in [0.15, 0.2) is 0 Å². The number of likely N-dealkylation sites (tertiary alicyclic amines) is 1. The average Bonchev–Trinajstić information content (AvgIpc) is 2.41. The van der Waals surface area contributed by atoms with Crippen LogP contribution >= 0.6 is 0 Å². The van der Waals surface area contributed by atoms with Crippen molar-refractivity contribution in [3.05, 3.63) is 0 Å². The zero-order valence-corrected chi connectivity index (χ0v) is 13.7. The summed E-state index contributed by atoms with van der Waals surface area (Å²) in [5, 5.41) is 0. The van der Waals surface area contributed by atoms with Crippen molar-refractivity contribution in [2.45, 2.75) is 52.4 Å². The lowest BCUT2D eigenvalue weighted by molar-refractivity contribution is 0.0303. The molecule has 0 saturated carbocycles. The number of alkyl halides is 1. The van der Waals surface area contributed by atoms with Crippen LogP contribution in [-0.4, -0.2) is 78.8 Å². The van der Waals surface area contributed by atoms with Crippen LogP contribution < -0.4 is 0 Å². The molecule has 2 aliphatic heterocycles. The smallest absolute Gasteiger partial charge is 0.117 e. The van der Waals surface area contributed by atoms with Crippen LogP contribution in [0.15, 0.2) is 0 Å². The lowest BCUT2D eigenvalue weighted by Crippen LogP contribution is -2.53. The van der Waals surface area contributed by atoms with Crippen LogP contribution in [0.4, 0.5) is 4.39 Å². The van der Waals surface area contributed by atoms with Gasteiger partial charge in [-0.15, -0.1) is 0 Å². The number of hydrogen-bond donors (Lipinski definition) is 0. The summed E-state index contributed by atoms with van der Waals surface area (Å²) in [5.41, 5.74) is 0. The van der Waals surface area contributed by atoms with E-state index in [4.69, 9.17) is 0 Å². The fourth-order valence-electron chi connectivity index (χ4n) is 3.45. The summed E-state index contributed by atoms with van der Waals surface area (Å²) in [7, 11) is 0. The highest BCUT2D eigenvalue weighted by molar-refractivity contribution is 4.85. The molecular weight excluding hydrogens is 253 g/mol. The van der Waals surface area contributed by atoms with E-state index in [0.717, 1.165) is 45.7 Å². The predicted molar refractivity (Wildman–Crippen MR) is 82.9 cm³/mol. The summed E-state index contributed by atoms with van der Waals surface area (Å²) >= 11 is 0. The van der Waals surface area contributed by atoms with Gasteiger partial charge in [-0.05, 0) is 40.7 Å². The van der Waals surface area contributed by atoms with Crippen molar-refractivity contribution in [2.75, 3.05) is 45.8 Å². The molecule has 2 atom stereocenters. The van der Waals surface area contributed by atoms with E-state index < -0.39 is 6.17 Å². The summed E-state index contributed by atoms with van der Waals surface area (Å²) in [4.78, 5) is 7.27. The molecule has 118 valence electrons. The Kier molecular flexibility index (Phi) is 5.82. The molecular formula is C16H32FN3. The molecule has 2 fully saturated rings. The molecule has 0 radical (unpaired) electrons. The largest absolute Gasteiger partial charge is 0.300 e. The molecule has 0 aromatic heterocycles. The molecule has 0 spiro atoms. The molecule has 1 unspecified atom stereocenters. The van der Waals surface area contributed by atoms with Crippen molar-refractivity contribution in [1.29, 1.82) is 0 Å². The van der Waals surface area contributed by atoms with Gasteiger partial charge in [0.25, 0.3) is 0 Å². The van der Waals surface area contributed by atoms with E-state index >= 15 is 0 Å². The minimum atomic E-state index is -0.644. The topological polar surface area (TPSA) is 9.72 Å². The second kappa shape index (κ2) is 7.19. The van der Waals surface area contributed by atoms with Crippen molar-refractivity contribution in [1.82, 2.24) is 14.7 Å². The van der Waals surface area contributed by atoms with Crippen molar-refractivity contribution in [2.24, 2.45) is 5.92 Å². The molecule has 4 heteroatoms. The summed E-state index contributed by atoms with van der Waals surface area (Å²) < 4.78 is 14.3. The first-order chi connectivity index (χ1) is 9.47. The Morgan fingerprint density at radius 3 is 2.00 bits per heavy atom. The highest BCUT2D eigenvalue weighted by atomic mass is 19.1. The maximum atomic E-state index is 14.3. The zero-order chi connectivity index (χ0) is 14.7. The van der Waals surface area contributed by atoms with E-state index in [1.807, 2.05) is 0 Å². The molecule has 0 N–H and O–H groups in total. The van der Waals surface area contributed by atoms with Gasteiger partial charge < -0.3 is 4.90 Å². The number of piperidine rings is 1. The third kappa shape index (κ3) is 4.15. The molecule has 2 heterocycles. The third-order valence-corrected chi connectivity index (χ3v) is 5.07. The van der Waals surface area contributed by atoms with Gasteiger partial charge in [-0.3, -0.25) is 9.80 Å². The summed E-state index contributed by atoms with van der Waals surface area (Å²) in [6, 6.07) is 1.11. The highest BCUT2D eigenvalue weighted by Gasteiger charge is 2.32. The number of piperazine rings is 1. The fourth-order valence-corrected chi connectivity index (χ4v) is 3.45. The normalized spacial score (nSPS) is 31.4. The van der Waals surface area contributed by atoms with Gasteiger partial charge in [0.2, 0.25) is 0 Å².